The second-order valence-electron chi connectivity index (χ2n) is 6.48. The van der Waals surface area contributed by atoms with Crippen LogP contribution in [-0.2, 0) is 16.1 Å². The van der Waals surface area contributed by atoms with Crippen LogP contribution in [0.4, 0.5) is 4.39 Å². The van der Waals surface area contributed by atoms with Crippen molar-refractivity contribution in [2.75, 3.05) is 47.0 Å². The highest BCUT2D eigenvalue weighted by Crippen LogP contribution is 2.22. The number of hydrogen-bond acceptors (Lipinski definition) is 4. The summed E-state index contributed by atoms with van der Waals surface area (Å²) < 4.78 is 24.2. The van der Waals surface area contributed by atoms with E-state index in [0.29, 0.717) is 30.3 Å². The van der Waals surface area contributed by atoms with Crippen LogP contribution in [0.25, 0.3) is 0 Å². The SMILES string of the molecule is CNCCC1CCN(C(=O)c2ccc(F)c(COCCOC)c2)CC1. The number of benzene rings is 1. The fourth-order valence-electron chi connectivity index (χ4n) is 3.10. The number of nitrogens with one attached hydrogen (secondary N) is 1. The molecule has 1 aromatic rings. The number of carbonyl (C=O) groups excluding carboxylic acids is 1. The molecule has 25 heavy (non-hydrogen) atoms. The van der Waals surface area contributed by atoms with Gasteiger partial charge in [0.1, 0.15) is 5.82 Å². The second kappa shape index (κ2) is 10.5. The first kappa shape index (κ1) is 19.8. The fourth-order valence-corrected chi connectivity index (χ4v) is 3.10. The minimum Gasteiger partial charge on any atom is -0.382 e. The van der Waals surface area contributed by atoms with Crippen LogP contribution in [0.3, 0.4) is 0 Å². The number of rotatable bonds is 9. The average Bonchev–Trinajstić information content (AvgIpc) is 2.64. The molecule has 0 bridgehead atoms. The van der Waals surface area contributed by atoms with E-state index in [-0.39, 0.29) is 18.3 Å². The topological polar surface area (TPSA) is 50.8 Å². The van der Waals surface area contributed by atoms with Crippen LogP contribution in [-0.4, -0.2) is 57.8 Å². The molecule has 1 amide bonds. The van der Waals surface area contributed by atoms with Crippen molar-refractivity contribution in [3.8, 4) is 0 Å². The lowest BCUT2D eigenvalue weighted by atomic mass is 9.93. The predicted octanol–water partition coefficient (Wildman–Crippen LogP) is 2.45. The lowest BCUT2D eigenvalue weighted by molar-refractivity contribution is 0.0601. The van der Waals surface area contributed by atoms with Crippen LogP contribution < -0.4 is 5.32 Å². The van der Waals surface area contributed by atoms with E-state index < -0.39 is 0 Å². The average molecular weight is 352 g/mol. The van der Waals surface area contributed by atoms with Gasteiger partial charge in [-0.1, -0.05) is 0 Å². The molecule has 0 atom stereocenters. The van der Waals surface area contributed by atoms with E-state index in [1.807, 2.05) is 11.9 Å². The zero-order valence-electron chi connectivity index (χ0n) is 15.2. The molecule has 140 valence electrons. The molecule has 0 spiro atoms. The van der Waals surface area contributed by atoms with E-state index in [0.717, 1.165) is 38.9 Å². The van der Waals surface area contributed by atoms with Crippen LogP contribution in [0.1, 0.15) is 35.2 Å². The van der Waals surface area contributed by atoms with E-state index in [1.54, 1.807) is 19.2 Å². The third-order valence-corrected chi connectivity index (χ3v) is 4.69. The third-order valence-electron chi connectivity index (χ3n) is 4.69. The molecule has 0 saturated carbocycles. The molecular formula is C19H29FN2O3. The Kier molecular flexibility index (Phi) is 8.31. The summed E-state index contributed by atoms with van der Waals surface area (Å²) in [5, 5.41) is 3.18. The van der Waals surface area contributed by atoms with Gasteiger partial charge < -0.3 is 19.7 Å². The second-order valence-corrected chi connectivity index (χ2v) is 6.48. The Labute approximate surface area is 149 Å². The Morgan fingerprint density at radius 1 is 1.32 bits per heavy atom. The number of amides is 1. The number of ether oxygens (including phenoxy) is 2. The molecule has 6 heteroatoms. The van der Waals surface area contributed by atoms with Gasteiger partial charge in [0.05, 0.1) is 19.8 Å². The lowest BCUT2D eigenvalue weighted by Gasteiger charge is -2.32. The van der Waals surface area contributed by atoms with Gasteiger partial charge in [0.2, 0.25) is 0 Å². The fraction of sp³-hybridized carbons (Fsp3) is 0.632. The molecule has 1 aromatic carbocycles. The molecule has 1 aliphatic heterocycles. The normalized spacial score (nSPS) is 15.6. The number of hydrogen-bond donors (Lipinski definition) is 1. The Morgan fingerprint density at radius 3 is 2.76 bits per heavy atom. The predicted molar refractivity (Wildman–Crippen MR) is 95.1 cm³/mol. The van der Waals surface area contributed by atoms with E-state index in [4.69, 9.17) is 9.47 Å². The summed E-state index contributed by atoms with van der Waals surface area (Å²) in [6, 6.07) is 4.52. The van der Waals surface area contributed by atoms with Crippen molar-refractivity contribution < 1.29 is 18.7 Å². The van der Waals surface area contributed by atoms with Crippen molar-refractivity contribution in [3.63, 3.8) is 0 Å². The van der Waals surface area contributed by atoms with Crippen molar-refractivity contribution >= 4 is 5.91 Å². The highest BCUT2D eigenvalue weighted by Gasteiger charge is 2.23. The van der Waals surface area contributed by atoms with E-state index in [2.05, 4.69) is 5.32 Å². The highest BCUT2D eigenvalue weighted by atomic mass is 19.1. The molecule has 0 radical (unpaired) electrons. The van der Waals surface area contributed by atoms with Crippen molar-refractivity contribution in [3.05, 3.63) is 35.1 Å². The summed E-state index contributed by atoms with van der Waals surface area (Å²) in [6.07, 6.45) is 3.21. The van der Waals surface area contributed by atoms with Crippen molar-refractivity contribution in [1.82, 2.24) is 10.2 Å². The minimum absolute atomic E-state index is 0.0230. The van der Waals surface area contributed by atoms with Crippen molar-refractivity contribution in [1.29, 1.82) is 0 Å². The molecular weight excluding hydrogens is 323 g/mol. The maximum absolute atomic E-state index is 13.9. The van der Waals surface area contributed by atoms with Gasteiger partial charge in [0.25, 0.3) is 5.91 Å². The van der Waals surface area contributed by atoms with Gasteiger partial charge in [-0.25, -0.2) is 4.39 Å². The Hall–Kier alpha value is -1.50. The van der Waals surface area contributed by atoms with Crippen LogP contribution in [0, 0.1) is 11.7 Å². The quantitative estimate of drug-likeness (QED) is 0.694. The summed E-state index contributed by atoms with van der Waals surface area (Å²) in [5.41, 5.74) is 0.936. The van der Waals surface area contributed by atoms with Gasteiger partial charge in [-0.2, -0.15) is 0 Å². The minimum atomic E-state index is -0.347. The first-order valence-corrected chi connectivity index (χ1v) is 8.94. The van der Waals surface area contributed by atoms with Crippen molar-refractivity contribution in [2.24, 2.45) is 5.92 Å². The lowest BCUT2D eigenvalue weighted by Crippen LogP contribution is -2.39. The molecule has 5 nitrogen and oxygen atoms in total. The van der Waals surface area contributed by atoms with Crippen LogP contribution in [0.5, 0.6) is 0 Å². The van der Waals surface area contributed by atoms with Crippen LogP contribution in [0.15, 0.2) is 18.2 Å². The maximum Gasteiger partial charge on any atom is 0.253 e. The zero-order valence-corrected chi connectivity index (χ0v) is 15.2. The molecule has 1 aliphatic rings. The van der Waals surface area contributed by atoms with E-state index in [9.17, 15) is 9.18 Å². The van der Waals surface area contributed by atoms with Gasteiger partial charge in [0, 0.05) is 31.3 Å². The summed E-state index contributed by atoms with van der Waals surface area (Å²) in [6.45, 7) is 3.55. The maximum atomic E-state index is 13.9. The van der Waals surface area contributed by atoms with Crippen molar-refractivity contribution in [2.45, 2.75) is 25.9 Å². The first-order valence-electron chi connectivity index (χ1n) is 8.94. The third kappa shape index (κ3) is 6.06. The van der Waals surface area contributed by atoms with E-state index in [1.165, 1.54) is 6.07 Å². The Morgan fingerprint density at radius 2 is 2.08 bits per heavy atom. The Balaban J connectivity index is 1.91. The summed E-state index contributed by atoms with van der Waals surface area (Å²) in [7, 11) is 3.55. The molecule has 1 N–H and O–H groups in total. The van der Waals surface area contributed by atoms with Gasteiger partial charge in [-0.15, -0.1) is 0 Å². The first-order chi connectivity index (χ1) is 12.2. The van der Waals surface area contributed by atoms with Gasteiger partial charge in [-0.3, -0.25) is 4.79 Å². The largest absolute Gasteiger partial charge is 0.382 e. The molecule has 0 aliphatic carbocycles. The standard InChI is InChI=1S/C19H29FN2O3/c1-21-8-5-15-6-9-22(10-7-15)19(23)16-3-4-18(20)17(13-16)14-25-12-11-24-2/h3-4,13,15,21H,5-12,14H2,1-2H3. The summed E-state index contributed by atoms with van der Waals surface area (Å²) in [5.74, 6) is 0.305. The van der Waals surface area contributed by atoms with Gasteiger partial charge in [0.15, 0.2) is 0 Å². The van der Waals surface area contributed by atoms with Gasteiger partial charge in [-0.05, 0) is 57.0 Å². The zero-order chi connectivity index (χ0) is 18.1. The summed E-state index contributed by atoms with van der Waals surface area (Å²) in [4.78, 5) is 14.6. The number of piperidine rings is 1. The Bertz CT molecular complexity index is 545. The molecule has 1 saturated heterocycles. The van der Waals surface area contributed by atoms with Gasteiger partial charge >= 0.3 is 0 Å². The number of nitrogens with zero attached hydrogens (tertiary/aromatic N) is 1. The monoisotopic (exact) mass is 352 g/mol. The highest BCUT2D eigenvalue weighted by molar-refractivity contribution is 5.94. The molecule has 1 heterocycles. The molecule has 0 unspecified atom stereocenters. The molecule has 0 aromatic heterocycles. The molecule has 2 rings (SSSR count). The van der Waals surface area contributed by atoms with Crippen LogP contribution >= 0.6 is 0 Å². The number of likely N-dealkylation sites (tertiary alicyclic amines) is 1. The number of carbonyl (C=O) groups is 1. The molecule has 1 fully saturated rings. The smallest absolute Gasteiger partial charge is 0.253 e. The van der Waals surface area contributed by atoms with Crippen LogP contribution in [0.2, 0.25) is 0 Å². The summed E-state index contributed by atoms with van der Waals surface area (Å²) >= 11 is 0. The number of methoxy groups -OCH3 is 1. The number of halogens is 1. The van der Waals surface area contributed by atoms with E-state index >= 15 is 0 Å².